The van der Waals surface area contributed by atoms with Gasteiger partial charge in [-0.2, -0.15) is 0 Å². The third-order valence-corrected chi connectivity index (χ3v) is 13.5. The molecule has 6 rings (SSSR count). The second kappa shape index (κ2) is 21.4. The molecular weight excluding hydrogens is 789 g/mol. The fourth-order valence-electron chi connectivity index (χ4n) is 9.33. The molecule has 62 heavy (non-hydrogen) atoms. The molecular formula is C46H70BN7O8. The summed E-state index contributed by atoms with van der Waals surface area (Å²) in [6, 6.07) is 10.6. The van der Waals surface area contributed by atoms with Crippen LogP contribution in [0, 0.1) is 17.3 Å². The van der Waals surface area contributed by atoms with Crippen molar-refractivity contribution >= 4 is 36.7 Å². The summed E-state index contributed by atoms with van der Waals surface area (Å²) in [6.07, 6.45) is 5.41. The lowest BCUT2D eigenvalue weighted by Gasteiger charge is -2.64. The summed E-state index contributed by atoms with van der Waals surface area (Å²) >= 11 is 0. The quantitative estimate of drug-likeness (QED) is 0.0637. The second-order valence-electron chi connectivity index (χ2n) is 18.4. The number of carbonyl (C=O) groups is 5. The Bertz CT molecular complexity index is 1860. The van der Waals surface area contributed by atoms with Crippen molar-refractivity contribution in [3.05, 3.63) is 59.7 Å². The van der Waals surface area contributed by atoms with E-state index in [1.165, 1.54) is 19.4 Å². The molecule has 1 unspecified atom stereocenters. The van der Waals surface area contributed by atoms with E-state index in [1.54, 1.807) is 12.1 Å². The monoisotopic (exact) mass is 860 g/mol. The van der Waals surface area contributed by atoms with Crippen LogP contribution in [0.15, 0.2) is 48.5 Å². The molecule has 3 saturated carbocycles. The van der Waals surface area contributed by atoms with Gasteiger partial charge in [-0.05, 0) is 138 Å². The fourth-order valence-corrected chi connectivity index (χ4v) is 9.33. The molecule has 2 aromatic rings. The Morgan fingerprint density at radius 3 is 1.98 bits per heavy atom. The highest BCUT2D eigenvalue weighted by Crippen LogP contribution is 2.65. The van der Waals surface area contributed by atoms with Crippen LogP contribution in [-0.2, 0) is 34.9 Å². The van der Waals surface area contributed by atoms with Crippen LogP contribution in [0.3, 0.4) is 0 Å². The molecule has 16 heteroatoms. The predicted octanol–water partition coefficient (Wildman–Crippen LogP) is 2.90. The van der Waals surface area contributed by atoms with Gasteiger partial charge in [0.1, 0.15) is 24.2 Å². The number of nitrogens with one attached hydrogen (secondary N) is 5. The van der Waals surface area contributed by atoms with E-state index in [4.69, 9.17) is 20.8 Å². The smallest absolute Gasteiger partial charge is 0.404 e. The van der Waals surface area contributed by atoms with Gasteiger partial charge in [0, 0.05) is 5.56 Å². The zero-order valence-electron chi connectivity index (χ0n) is 37.6. The van der Waals surface area contributed by atoms with E-state index < -0.39 is 78.5 Å². The van der Waals surface area contributed by atoms with E-state index in [1.807, 2.05) is 19.1 Å². The van der Waals surface area contributed by atoms with Gasteiger partial charge in [-0.25, -0.2) is 0 Å². The normalized spacial score (nSPS) is 23.9. The molecule has 1 aliphatic heterocycles. The zero-order chi connectivity index (χ0) is 45.4. The predicted molar refractivity (Wildman–Crippen MR) is 239 cm³/mol. The number of hydrogen-bond donors (Lipinski definition) is 8. The highest BCUT2D eigenvalue weighted by atomic mass is 16.7. The van der Waals surface area contributed by atoms with Gasteiger partial charge in [0.15, 0.2) is 0 Å². The molecule has 0 aromatic heterocycles. The molecule has 2 aromatic carbocycles. The van der Waals surface area contributed by atoms with Crippen molar-refractivity contribution in [2.24, 2.45) is 28.7 Å². The Hall–Kier alpha value is -4.35. The maximum Gasteiger partial charge on any atom is 0.481 e. The van der Waals surface area contributed by atoms with Crippen molar-refractivity contribution in [2.75, 3.05) is 13.1 Å². The maximum absolute atomic E-state index is 13.7. The number of benzene rings is 2. The summed E-state index contributed by atoms with van der Waals surface area (Å²) in [5.74, 6) is -2.74. The summed E-state index contributed by atoms with van der Waals surface area (Å²) in [6.45, 7) is 13.9. The van der Waals surface area contributed by atoms with Gasteiger partial charge in [0.25, 0.3) is 5.91 Å². The van der Waals surface area contributed by atoms with Crippen LogP contribution in [0.25, 0.3) is 11.1 Å². The van der Waals surface area contributed by atoms with Gasteiger partial charge < -0.3 is 52.5 Å². The molecule has 4 aliphatic rings. The maximum atomic E-state index is 13.7. The van der Waals surface area contributed by atoms with Gasteiger partial charge in [-0.15, -0.1) is 0 Å². The number of amides is 5. The van der Waals surface area contributed by atoms with Crippen LogP contribution in [-0.4, -0.2) is 103 Å². The average Bonchev–Trinajstić information content (AvgIpc) is 3.61. The highest BCUT2D eigenvalue weighted by molar-refractivity contribution is 6.47. The molecule has 4 fully saturated rings. The Kier molecular flexibility index (Phi) is 16.8. The number of carbonyl (C=O) groups excluding carboxylic acids is 5. The first-order valence-electron chi connectivity index (χ1n) is 22.6. The summed E-state index contributed by atoms with van der Waals surface area (Å²) in [5.41, 5.74) is 14.8. The van der Waals surface area contributed by atoms with Crippen LogP contribution in [0.2, 0.25) is 0 Å². The second-order valence-corrected chi connectivity index (χ2v) is 18.4. The number of nitrogens with two attached hydrogens (primary N) is 2. The fraction of sp³-hybridized carbons (Fsp3) is 0.630. The van der Waals surface area contributed by atoms with Crippen LogP contribution in [0.5, 0.6) is 0 Å². The average molecular weight is 860 g/mol. The van der Waals surface area contributed by atoms with Gasteiger partial charge in [0.2, 0.25) is 23.6 Å². The lowest BCUT2D eigenvalue weighted by Crippen LogP contribution is -2.65. The molecule has 15 nitrogen and oxygen atoms in total. The number of unbranched alkanes of at least 4 members (excludes halogenated alkanes) is 2. The summed E-state index contributed by atoms with van der Waals surface area (Å²) in [4.78, 5) is 67.5. The van der Waals surface area contributed by atoms with Crippen molar-refractivity contribution in [1.82, 2.24) is 26.6 Å². The molecule has 1 heterocycles. The van der Waals surface area contributed by atoms with Crippen molar-refractivity contribution in [3.8, 4) is 11.1 Å². The van der Waals surface area contributed by atoms with E-state index in [9.17, 15) is 29.1 Å². The van der Waals surface area contributed by atoms with Crippen molar-refractivity contribution in [1.29, 1.82) is 0 Å². The highest BCUT2D eigenvalue weighted by Gasteiger charge is 2.68. The minimum absolute atomic E-state index is 0.0486. The Morgan fingerprint density at radius 2 is 1.39 bits per heavy atom. The molecule has 0 radical (unpaired) electrons. The Morgan fingerprint density at radius 1 is 0.758 bits per heavy atom. The molecule has 5 amide bonds. The minimum atomic E-state index is -1.49. The summed E-state index contributed by atoms with van der Waals surface area (Å²) in [7, 11) is -0.650. The lowest BCUT2D eigenvalue weighted by atomic mass is 9.43. The van der Waals surface area contributed by atoms with Gasteiger partial charge >= 0.3 is 7.12 Å². The van der Waals surface area contributed by atoms with Gasteiger partial charge in [-0.3, -0.25) is 24.0 Å². The minimum Gasteiger partial charge on any atom is -0.404 e. The molecule has 340 valence electrons. The van der Waals surface area contributed by atoms with Gasteiger partial charge in [-0.1, -0.05) is 63.6 Å². The number of rotatable bonds is 22. The van der Waals surface area contributed by atoms with Crippen molar-refractivity contribution < 1.29 is 38.4 Å². The first-order chi connectivity index (χ1) is 29.4. The topological polar surface area (TPSA) is 236 Å². The Balaban J connectivity index is 1.15. The van der Waals surface area contributed by atoms with Gasteiger partial charge in [0.05, 0.1) is 23.8 Å². The standard InChI is InChI=1S/C46H70BN7O8/c1-8-9-12-30-14-16-31(17-15-30)32-18-20-33(21-19-32)41(57)53-36(22-24-49)43(59)54-39(28(3)55)44(60)50-27(2)40(56)52-35(13-10-11-23-48)42(58)51-29(4)47-61-38-26-34-25-37(45(34,5)6)46(38,7)62-47/h14-21,27-29,34-39,55H,8-13,22-26,48-49H2,1-7H3,(H,50,60)(H,51,58)(H,52,56)(H,53,57)(H,54,59)/t27-,28-,29-,34-,35-,36-,37-,38+,39?,46-/m0/s1. The largest absolute Gasteiger partial charge is 0.481 e. The van der Waals surface area contributed by atoms with Crippen LogP contribution < -0.4 is 38.1 Å². The third-order valence-electron chi connectivity index (χ3n) is 13.5. The molecule has 10 N–H and O–H groups in total. The lowest BCUT2D eigenvalue weighted by molar-refractivity contribution is -0.199. The molecule has 1 saturated heterocycles. The third kappa shape index (κ3) is 11.4. The van der Waals surface area contributed by atoms with E-state index in [-0.39, 0.29) is 24.5 Å². The van der Waals surface area contributed by atoms with E-state index in [2.05, 4.69) is 78.5 Å². The first-order valence-corrected chi connectivity index (χ1v) is 22.6. The van der Waals surface area contributed by atoms with Crippen LogP contribution in [0.4, 0.5) is 0 Å². The van der Waals surface area contributed by atoms with E-state index >= 15 is 0 Å². The molecule has 0 spiro atoms. The molecule has 3 aliphatic carbocycles. The summed E-state index contributed by atoms with van der Waals surface area (Å²) in [5, 5.41) is 24.1. The first kappa shape index (κ1) is 48.7. The van der Waals surface area contributed by atoms with Crippen LogP contribution in [0.1, 0.15) is 116 Å². The van der Waals surface area contributed by atoms with Crippen molar-refractivity contribution in [3.63, 3.8) is 0 Å². The summed E-state index contributed by atoms with van der Waals surface area (Å²) < 4.78 is 12.9. The number of hydrogen-bond acceptors (Lipinski definition) is 10. The van der Waals surface area contributed by atoms with Crippen LogP contribution >= 0.6 is 0 Å². The van der Waals surface area contributed by atoms with E-state index in [0.717, 1.165) is 43.2 Å². The van der Waals surface area contributed by atoms with E-state index in [0.29, 0.717) is 43.2 Å². The zero-order valence-corrected chi connectivity index (χ0v) is 37.6. The molecule has 2 bridgehead atoms. The molecule has 10 atom stereocenters. The SMILES string of the molecule is CCCCc1ccc(-c2ccc(C(=O)N[C@@H](CCN)C(=O)NC(C(=O)N[C@@H](C)C(=O)N[C@@H](CCCCN)C(=O)N[C@@H](C)B3O[C@@H]4C[C@@H]5C[C@@H](C5(C)C)[C@]4(C)O3)[C@H](C)O)cc2)cc1. The van der Waals surface area contributed by atoms with Crippen molar-refractivity contribution in [2.45, 2.75) is 154 Å². The number of aryl methyl sites for hydroxylation is 1. The number of aliphatic hydroxyl groups excluding tert-OH is 1. The number of aliphatic hydroxyl groups is 1. The Labute approximate surface area is 367 Å².